The Morgan fingerprint density at radius 3 is 1.97 bits per heavy atom. The van der Waals surface area contributed by atoms with Crippen molar-refractivity contribution in [3.05, 3.63) is 151 Å². The molecule has 0 radical (unpaired) electrons. The van der Waals surface area contributed by atoms with Crippen LogP contribution in [0.5, 0.6) is 0 Å². The first-order chi connectivity index (χ1) is 18.7. The van der Waals surface area contributed by atoms with Crippen LogP contribution in [0.2, 0.25) is 0 Å². The van der Waals surface area contributed by atoms with Gasteiger partial charge in [0.05, 0.1) is 5.70 Å². The van der Waals surface area contributed by atoms with Crippen LogP contribution in [-0.2, 0) is 0 Å². The van der Waals surface area contributed by atoms with E-state index in [1.54, 1.807) is 0 Å². The molecule has 6 aromatic rings. The van der Waals surface area contributed by atoms with Crippen molar-refractivity contribution in [3.63, 3.8) is 0 Å². The van der Waals surface area contributed by atoms with Crippen molar-refractivity contribution in [2.45, 2.75) is 6.92 Å². The van der Waals surface area contributed by atoms with E-state index in [9.17, 15) is 0 Å². The molecule has 38 heavy (non-hydrogen) atoms. The highest BCUT2D eigenvalue weighted by molar-refractivity contribution is 6.15. The first kappa shape index (κ1) is 23.4. The third-order valence-corrected chi connectivity index (χ3v) is 6.65. The summed E-state index contributed by atoms with van der Waals surface area (Å²) in [6.45, 7) is 6.39. The lowest BCUT2D eigenvalue weighted by Crippen LogP contribution is -2.04. The fourth-order valence-corrected chi connectivity index (χ4v) is 4.71. The lowest BCUT2D eigenvalue weighted by Gasteiger charge is -2.08. The Morgan fingerprint density at radius 2 is 1.26 bits per heavy atom. The summed E-state index contributed by atoms with van der Waals surface area (Å²) < 4.78 is 6.23. The second-order valence-corrected chi connectivity index (χ2v) is 9.17. The summed E-state index contributed by atoms with van der Waals surface area (Å²) in [5, 5.41) is 2.05. The van der Waals surface area contributed by atoms with Gasteiger partial charge in [-0.25, -0.2) is 9.98 Å². The molecule has 0 amide bonds. The Bertz CT molecular complexity index is 1810. The predicted molar refractivity (Wildman–Crippen MR) is 160 cm³/mol. The molecule has 0 spiro atoms. The van der Waals surface area contributed by atoms with Crippen molar-refractivity contribution in [3.8, 4) is 11.1 Å². The molecular weight excluding hydrogens is 464 g/mol. The minimum Gasteiger partial charge on any atom is -0.456 e. The summed E-state index contributed by atoms with van der Waals surface area (Å²) in [4.78, 5) is 9.94. The number of aliphatic imine (C=N–C) groups is 2. The van der Waals surface area contributed by atoms with Gasteiger partial charge in [-0.3, -0.25) is 0 Å². The number of amidine groups is 1. The second-order valence-electron chi connectivity index (χ2n) is 9.17. The summed E-state index contributed by atoms with van der Waals surface area (Å²) in [7, 11) is 0. The summed E-state index contributed by atoms with van der Waals surface area (Å²) in [6.07, 6.45) is 0. The average Bonchev–Trinajstić information content (AvgIpc) is 3.36. The summed E-state index contributed by atoms with van der Waals surface area (Å²) in [6, 6.07) is 42.9. The Labute approximate surface area is 222 Å². The molecule has 3 heteroatoms. The molecule has 0 saturated carbocycles. The monoisotopic (exact) mass is 490 g/mol. The summed E-state index contributed by atoms with van der Waals surface area (Å²) in [5.74, 6) is 0.617. The van der Waals surface area contributed by atoms with Crippen molar-refractivity contribution in [2.24, 2.45) is 9.98 Å². The van der Waals surface area contributed by atoms with Gasteiger partial charge in [-0.1, -0.05) is 116 Å². The fraction of sp³-hybridized carbons (Fsp3) is 0.0286. The molecule has 0 saturated heterocycles. The van der Waals surface area contributed by atoms with Crippen LogP contribution in [-0.4, -0.2) is 11.5 Å². The van der Waals surface area contributed by atoms with Crippen molar-refractivity contribution >= 4 is 39.2 Å². The van der Waals surface area contributed by atoms with E-state index in [-0.39, 0.29) is 0 Å². The minimum atomic E-state index is 0.617. The van der Waals surface area contributed by atoms with Gasteiger partial charge in [-0.15, -0.1) is 0 Å². The van der Waals surface area contributed by atoms with Gasteiger partial charge in [-0.2, -0.15) is 0 Å². The molecule has 182 valence electrons. The van der Waals surface area contributed by atoms with E-state index in [1.807, 2.05) is 79.7 Å². The third-order valence-electron chi connectivity index (χ3n) is 6.65. The number of hydrogen-bond acceptors (Lipinski definition) is 2. The molecule has 0 aliphatic heterocycles. The van der Waals surface area contributed by atoms with Gasteiger partial charge in [0, 0.05) is 27.6 Å². The van der Waals surface area contributed by atoms with E-state index >= 15 is 0 Å². The third kappa shape index (κ3) is 4.58. The molecule has 0 bridgehead atoms. The second kappa shape index (κ2) is 10.2. The molecule has 6 rings (SSSR count). The first-order valence-corrected chi connectivity index (χ1v) is 12.6. The number of benzene rings is 5. The Morgan fingerprint density at radius 1 is 0.605 bits per heavy atom. The van der Waals surface area contributed by atoms with Crippen molar-refractivity contribution in [2.75, 3.05) is 0 Å². The summed E-state index contributed by atoms with van der Waals surface area (Å²) in [5.41, 5.74) is 8.37. The maximum Gasteiger partial charge on any atom is 0.160 e. The van der Waals surface area contributed by atoms with Gasteiger partial charge in [0.2, 0.25) is 0 Å². The van der Waals surface area contributed by atoms with E-state index in [0.29, 0.717) is 11.5 Å². The van der Waals surface area contributed by atoms with E-state index in [4.69, 9.17) is 14.4 Å². The quantitative estimate of drug-likeness (QED) is 0.175. The smallest absolute Gasteiger partial charge is 0.160 e. The molecule has 0 aliphatic rings. The maximum atomic E-state index is 6.23. The van der Waals surface area contributed by atoms with Crippen LogP contribution < -0.4 is 0 Å². The molecule has 0 aliphatic carbocycles. The standard InChI is InChI=1S/C35H26N2O/c1-24(26-13-6-3-7-14-26)36-35(28-17-10-5-11-18-28)37-25(2)30-19-12-20-33-34(30)31-23-29(21-22-32(31)38-33)27-15-8-4-9-16-27/h3-23H,2H2,1H3. The highest BCUT2D eigenvalue weighted by atomic mass is 16.3. The van der Waals surface area contributed by atoms with Crippen LogP contribution in [0.15, 0.2) is 148 Å². The predicted octanol–water partition coefficient (Wildman–Crippen LogP) is 9.18. The molecular formula is C35H26N2O. The first-order valence-electron chi connectivity index (χ1n) is 12.6. The van der Waals surface area contributed by atoms with E-state index in [2.05, 4.69) is 61.2 Å². The number of rotatable bonds is 5. The van der Waals surface area contributed by atoms with Crippen LogP contribution in [0.4, 0.5) is 0 Å². The van der Waals surface area contributed by atoms with Gasteiger partial charge in [0.1, 0.15) is 11.2 Å². The van der Waals surface area contributed by atoms with Gasteiger partial charge < -0.3 is 4.42 Å². The number of fused-ring (bicyclic) bond motifs is 3. The molecule has 1 aromatic heterocycles. The minimum absolute atomic E-state index is 0.617. The Kier molecular flexibility index (Phi) is 6.25. The lowest BCUT2D eigenvalue weighted by molar-refractivity contribution is 0.669. The highest BCUT2D eigenvalue weighted by Crippen LogP contribution is 2.36. The molecule has 3 nitrogen and oxygen atoms in total. The van der Waals surface area contributed by atoms with E-state index in [1.165, 1.54) is 0 Å². The van der Waals surface area contributed by atoms with Crippen LogP contribution in [0.1, 0.15) is 23.6 Å². The average molecular weight is 491 g/mol. The molecule has 0 unspecified atom stereocenters. The SMILES string of the molecule is C=C(N=C(N=C(C)c1ccccc1)c1ccccc1)c1cccc2oc3ccc(-c4ccccc4)cc3c12. The van der Waals surface area contributed by atoms with Crippen LogP contribution in [0.25, 0.3) is 38.8 Å². The van der Waals surface area contributed by atoms with Crippen molar-refractivity contribution < 1.29 is 4.42 Å². The molecule has 0 N–H and O–H groups in total. The van der Waals surface area contributed by atoms with E-state index < -0.39 is 0 Å². The van der Waals surface area contributed by atoms with Gasteiger partial charge >= 0.3 is 0 Å². The maximum absolute atomic E-state index is 6.23. The number of hydrogen-bond donors (Lipinski definition) is 0. The zero-order valence-electron chi connectivity index (χ0n) is 21.1. The molecule has 0 atom stereocenters. The van der Waals surface area contributed by atoms with Crippen LogP contribution in [0, 0.1) is 0 Å². The molecule has 1 heterocycles. The van der Waals surface area contributed by atoms with Crippen LogP contribution in [0.3, 0.4) is 0 Å². The largest absolute Gasteiger partial charge is 0.456 e. The van der Waals surface area contributed by atoms with E-state index in [0.717, 1.165) is 55.5 Å². The zero-order valence-corrected chi connectivity index (χ0v) is 21.1. The van der Waals surface area contributed by atoms with Crippen molar-refractivity contribution in [1.29, 1.82) is 0 Å². The number of furan rings is 1. The fourth-order valence-electron chi connectivity index (χ4n) is 4.71. The van der Waals surface area contributed by atoms with Gasteiger partial charge in [0.25, 0.3) is 0 Å². The zero-order chi connectivity index (χ0) is 25.9. The normalized spacial score (nSPS) is 12.2. The van der Waals surface area contributed by atoms with Crippen LogP contribution >= 0.6 is 0 Å². The Balaban J connectivity index is 1.49. The van der Waals surface area contributed by atoms with Gasteiger partial charge in [0.15, 0.2) is 5.84 Å². The van der Waals surface area contributed by atoms with Crippen molar-refractivity contribution in [1.82, 2.24) is 0 Å². The Hall–Kier alpha value is -5.02. The topological polar surface area (TPSA) is 37.9 Å². The molecule has 0 fully saturated rings. The number of nitrogens with zero attached hydrogens (tertiary/aromatic N) is 2. The lowest BCUT2D eigenvalue weighted by atomic mass is 10.00. The summed E-state index contributed by atoms with van der Waals surface area (Å²) >= 11 is 0. The molecule has 5 aromatic carbocycles. The van der Waals surface area contributed by atoms with Gasteiger partial charge in [-0.05, 0) is 41.8 Å². The highest BCUT2D eigenvalue weighted by Gasteiger charge is 2.15.